The molecule has 0 spiro atoms. The van der Waals surface area contributed by atoms with Crippen molar-refractivity contribution in [2.24, 2.45) is 0 Å². The summed E-state index contributed by atoms with van der Waals surface area (Å²) in [5.41, 5.74) is 0.249. The number of carbonyl (C=O) groups excluding carboxylic acids is 1. The maximum absolute atomic E-state index is 10.4. The van der Waals surface area contributed by atoms with Crippen molar-refractivity contribution in [2.45, 2.75) is 19.3 Å². The van der Waals surface area contributed by atoms with E-state index in [9.17, 15) is 4.79 Å². The molecule has 0 aliphatic carbocycles. The molecule has 0 radical (unpaired) electrons. The van der Waals surface area contributed by atoms with Gasteiger partial charge in [0.1, 0.15) is 0 Å². The summed E-state index contributed by atoms with van der Waals surface area (Å²) in [6, 6.07) is 3.66. The first-order valence-corrected chi connectivity index (χ1v) is 3.80. The first kappa shape index (κ1) is 9.33. The molecule has 0 saturated carbocycles. The highest BCUT2D eigenvalue weighted by Crippen LogP contribution is 2.19. The van der Waals surface area contributed by atoms with Gasteiger partial charge in [0.2, 0.25) is 0 Å². The average molecular weight is 175 g/mol. The van der Waals surface area contributed by atoms with Gasteiger partial charge in [-0.1, -0.05) is 0 Å². The van der Waals surface area contributed by atoms with Gasteiger partial charge in [-0.25, -0.2) is 0 Å². The van der Waals surface area contributed by atoms with Crippen LogP contribution in [0.5, 0.6) is 0 Å². The molecule has 13 heavy (non-hydrogen) atoms. The number of carbonyl (C=O) groups is 1. The number of rotatable bonds is 2. The summed E-state index contributed by atoms with van der Waals surface area (Å²) in [6.45, 7) is 3.46. The van der Waals surface area contributed by atoms with Crippen LogP contribution in [-0.2, 0) is 5.41 Å². The molecule has 0 unspecified atom stereocenters. The van der Waals surface area contributed by atoms with Crippen LogP contribution in [0.3, 0.4) is 0 Å². The lowest BCUT2D eigenvalue weighted by molar-refractivity contribution is 0.112. The van der Waals surface area contributed by atoms with Gasteiger partial charge >= 0.3 is 0 Å². The Morgan fingerprint density at radius 3 is 2.85 bits per heavy atom. The van der Waals surface area contributed by atoms with Crippen molar-refractivity contribution in [3.8, 4) is 6.07 Å². The van der Waals surface area contributed by atoms with E-state index in [1.54, 1.807) is 19.9 Å². The molecule has 4 nitrogen and oxygen atoms in total. The van der Waals surface area contributed by atoms with E-state index in [4.69, 9.17) is 5.26 Å². The van der Waals surface area contributed by atoms with Crippen molar-refractivity contribution >= 4 is 6.29 Å². The molecule has 1 aromatic heterocycles. The molecule has 4 heteroatoms. The summed E-state index contributed by atoms with van der Waals surface area (Å²) in [4.78, 5) is 10.4. The van der Waals surface area contributed by atoms with Crippen LogP contribution < -0.4 is 0 Å². The molecule has 0 fully saturated rings. The lowest BCUT2D eigenvalue weighted by Crippen LogP contribution is -2.17. The zero-order valence-electron chi connectivity index (χ0n) is 7.48. The molecule has 0 bridgehead atoms. The summed E-state index contributed by atoms with van der Waals surface area (Å²) in [7, 11) is 0. The van der Waals surface area contributed by atoms with Crippen molar-refractivity contribution in [1.29, 1.82) is 5.26 Å². The zero-order valence-corrected chi connectivity index (χ0v) is 7.48. The number of aldehydes is 1. The SMILES string of the molecule is CC(C)(C#N)c1cc(C=O)cnn1. The minimum absolute atomic E-state index is 0.438. The van der Waals surface area contributed by atoms with Crippen molar-refractivity contribution in [3.63, 3.8) is 0 Å². The summed E-state index contributed by atoms with van der Waals surface area (Å²) in [6.07, 6.45) is 2.05. The predicted molar refractivity (Wildman–Crippen MR) is 46.1 cm³/mol. The molecule has 0 saturated heterocycles. The largest absolute Gasteiger partial charge is 0.298 e. The van der Waals surface area contributed by atoms with Gasteiger partial charge in [-0.3, -0.25) is 4.79 Å². The van der Waals surface area contributed by atoms with Gasteiger partial charge in [0.25, 0.3) is 0 Å². The Bertz CT molecular complexity index is 365. The average Bonchev–Trinajstić information content (AvgIpc) is 2.18. The van der Waals surface area contributed by atoms with Crippen molar-refractivity contribution in [1.82, 2.24) is 10.2 Å². The molecule has 0 N–H and O–H groups in total. The number of nitriles is 1. The molecule has 0 atom stereocenters. The quantitative estimate of drug-likeness (QED) is 0.631. The van der Waals surface area contributed by atoms with Crippen LogP contribution in [-0.4, -0.2) is 16.5 Å². The molecular formula is C9H9N3O. The van der Waals surface area contributed by atoms with E-state index < -0.39 is 5.41 Å². The van der Waals surface area contributed by atoms with Crippen molar-refractivity contribution in [3.05, 3.63) is 23.5 Å². The fourth-order valence-electron chi connectivity index (χ4n) is 0.809. The standard InChI is InChI=1S/C9H9N3O/c1-9(2,6-10)8-3-7(5-13)4-11-12-8/h3-5H,1-2H3. The molecule has 1 heterocycles. The number of hydrogen-bond donors (Lipinski definition) is 0. The highest BCUT2D eigenvalue weighted by atomic mass is 16.1. The van der Waals surface area contributed by atoms with E-state index in [1.165, 1.54) is 6.20 Å². The van der Waals surface area contributed by atoms with Crippen LogP contribution >= 0.6 is 0 Å². The molecular weight excluding hydrogens is 166 g/mol. The minimum atomic E-state index is -0.702. The zero-order chi connectivity index (χ0) is 9.90. The Kier molecular flexibility index (Phi) is 2.38. The topological polar surface area (TPSA) is 66.6 Å². The molecule has 0 amide bonds. The molecule has 1 rings (SSSR count). The molecule has 1 aromatic rings. The second-order valence-electron chi connectivity index (χ2n) is 3.23. The van der Waals surface area contributed by atoms with E-state index in [-0.39, 0.29) is 0 Å². The molecule has 0 aliphatic rings. The smallest absolute Gasteiger partial charge is 0.151 e. The van der Waals surface area contributed by atoms with Gasteiger partial charge in [0.05, 0.1) is 23.4 Å². The molecule has 0 aromatic carbocycles. The third kappa shape index (κ3) is 1.88. The Hall–Kier alpha value is -1.76. The predicted octanol–water partition coefficient (Wildman–Crippen LogP) is 1.09. The molecule has 0 aliphatic heterocycles. The van der Waals surface area contributed by atoms with Gasteiger partial charge in [0, 0.05) is 5.56 Å². The van der Waals surface area contributed by atoms with E-state index in [2.05, 4.69) is 16.3 Å². The van der Waals surface area contributed by atoms with Crippen LogP contribution in [0, 0.1) is 11.3 Å². The van der Waals surface area contributed by atoms with Crippen LogP contribution in [0.4, 0.5) is 0 Å². The van der Waals surface area contributed by atoms with Gasteiger partial charge < -0.3 is 0 Å². The first-order valence-electron chi connectivity index (χ1n) is 3.80. The van der Waals surface area contributed by atoms with E-state index >= 15 is 0 Å². The third-order valence-electron chi connectivity index (χ3n) is 1.73. The number of aromatic nitrogens is 2. The van der Waals surface area contributed by atoms with Crippen LogP contribution in [0.15, 0.2) is 12.3 Å². The van der Waals surface area contributed by atoms with Gasteiger partial charge in [-0.05, 0) is 19.9 Å². The Morgan fingerprint density at radius 2 is 2.31 bits per heavy atom. The van der Waals surface area contributed by atoms with Crippen LogP contribution in [0.25, 0.3) is 0 Å². The monoisotopic (exact) mass is 175 g/mol. The molecule has 66 valence electrons. The lowest BCUT2D eigenvalue weighted by atomic mass is 9.91. The summed E-state index contributed by atoms with van der Waals surface area (Å²) in [5, 5.41) is 16.2. The second-order valence-corrected chi connectivity index (χ2v) is 3.23. The Morgan fingerprint density at radius 1 is 1.62 bits per heavy atom. The van der Waals surface area contributed by atoms with Crippen LogP contribution in [0.1, 0.15) is 29.9 Å². The van der Waals surface area contributed by atoms with E-state index in [1.807, 2.05) is 0 Å². The number of nitrogens with zero attached hydrogens (tertiary/aromatic N) is 3. The van der Waals surface area contributed by atoms with Crippen molar-refractivity contribution < 1.29 is 4.79 Å². The Labute approximate surface area is 76.2 Å². The summed E-state index contributed by atoms with van der Waals surface area (Å²) < 4.78 is 0. The number of hydrogen-bond acceptors (Lipinski definition) is 4. The maximum Gasteiger partial charge on any atom is 0.151 e. The van der Waals surface area contributed by atoms with Crippen LogP contribution in [0.2, 0.25) is 0 Å². The van der Waals surface area contributed by atoms with Gasteiger partial charge in [0.15, 0.2) is 6.29 Å². The van der Waals surface area contributed by atoms with E-state index in [0.29, 0.717) is 17.5 Å². The minimum Gasteiger partial charge on any atom is -0.298 e. The van der Waals surface area contributed by atoms with Crippen molar-refractivity contribution in [2.75, 3.05) is 0 Å². The Balaban J connectivity index is 3.17. The summed E-state index contributed by atoms with van der Waals surface area (Å²) >= 11 is 0. The maximum atomic E-state index is 10.4. The fraction of sp³-hybridized carbons (Fsp3) is 0.333. The normalized spacial score (nSPS) is 10.5. The van der Waals surface area contributed by atoms with E-state index in [0.717, 1.165) is 0 Å². The highest BCUT2D eigenvalue weighted by Gasteiger charge is 2.22. The highest BCUT2D eigenvalue weighted by molar-refractivity contribution is 5.74. The third-order valence-corrected chi connectivity index (χ3v) is 1.73. The second kappa shape index (κ2) is 3.31. The fourth-order valence-corrected chi connectivity index (χ4v) is 0.809. The lowest BCUT2D eigenvalue weighted by Gasteiger charge is -2.12. The van der Waals surface area contributed by atoms with Gasteiger partial charge in [-0.15, -0.1) is 0 Å². The van der Waals surface area contributed by atoms with Gasteiger partial charge in [-0.2, -0.15) is 15.5 Å². The first-order chi connectivity index (χ1) is 6.10. The summed E-state index contributed by atoms with van der Waals surface area (Å²) in [5.74, 6) is 0.